The van der Waals surface area contributed by atoms with Gasteiger partial charge >= 0.3 is 0 Å². The molecule has 0 bridgehead atoms. The van der Waals surface area contributed by atoms with Gasteiger partial charge in [0, 0.05) is 12.6 Å². The van der Waals surface area contributed by atoms with E-state index in [-0.39, 0.29) is 34.2 Å². The van der Waals surface area contributed by atoms with Crippen LogP contribution < -0.4 is 9.62 Å². The highest BCUT2D eigenvalue weighted by Gasteiger charge is 2.32. The number of nitrogens with one attached hydrogen (secondary N) is 1. The zero-order chi connectivity index (χ0) is 25.5. The second-order valence-corrected chi connectivity index (χ2v) is 10.8. The number of halogens is 2. The number of amides is 2. The SMILES string of the molecule is CC[C@H](C)NC(=O)[C@H](CC)N(Cc1ccccc1)C(=O)CN(c1cccc(Cl)c1Cl)S(C)(=O)=O. The minimum atomic E-state index is -3.89. The normalized spacial score (nSPS) is 13.1. The van der Waals surface area contributed by atoms with Crippen molar-refractivity contribution in [1.29, 1.82) is 0 Å². The highest BCUT2D eigenvalue weighted by molar-refractivity contribution is 7.92. The standard InChI is InChI=1S/C24H31Cl2N3O4S/c1-5-17(3)27-24(31)20(6-2)28(15-18-11-8-7-9-12-18)22(30)16-29(34(4,32)33)21-14-10-13-19(25)23(21)26/h7-14,17,20H,5-6,15-16H2,1-4H3,(H,27,31)/t17-,20-/m0/s1. The van der Waals surface area contributed by atoms with Crippen LogP contribution in [-0.4, -0.2) is 50.0 Å². The van der Waals surface area contributed by atoms with Gasteiger partial charge in [-0.25, -0.2) is 8.42 Å². The highest BCUT2D eigenvalue weighted by atomic mass is 35.5. The first kappa shape index (κ1) is 28.0. The number of carbonyl (C=O) groups excluding carboxylic acids is 2. The molecule has 0 aromatic heterocycles. The van der Waals surface area contributed by atoms with Gasteiger partial charge in [-0.2, -0.15) is 0 Å². The summed E-state index contributed by atoms with van der Waals surface area (Å²) in [6.45, 7) is 5.28. The number of nitrogens with zero attached hydrogens (tertiary/aromatic N) is 2. The van der Waals surface area contributed by atoms with Crippen molar-refractivity contribution in [2.24, 2.45) is 0 Å². The van der Waals surface area contributed by atoms with Crippen molar-refractivity contribution in [1.82, 2.24) is 10.2 Å². The lowest BCUT2D eigenvalue weighted by Gasteiger charge is -2.33. The van der Waals surface area contributed by atoms with E-state index >= 15 is 0 Å². The van der Waals surface area contributed by atoms with Gasteiger partial charge in [0.15, 0.2) is 0 Å². The molecule has 1 N–H and O–H groups in total. The predicted octanol–water partition coefficient (Wildman–Crippen LogP) is 4.48. The van der Waals surface area contributed by atoms with E-state index in [1.807, 2.05) is 51.1 Å². The Hall–Kier alpha value is -2.29. The lowest BCUT2D eigenvalue weighted by molar-refractivity contribution is -0.140. The summed E-state index contributed by atoms with van der Waals surface area (Å²) >= 11 is 12.4. The summed E-state index contributed by atoms with van der Waals surface area (Å²) in [4.78, 5) is 28.1. The second kappa shape index (κ2) is 12.4. The van der Waals surface area contributed by atoms with Crippen LogP contribution in [0.1, 0.15) is 39.2 Å². The van der Waals surface area contributed by atoms with Gasteiger partial charge < -0.3 is 10.2 Å². The number of carbonyl (C=O) groups is 2. The topological polar surface area (TPSA) is 86.8 Å². The predicted molar refractivity (Wildman–Crippen MR) is 138 cm³/mol. The van der Waals surface area contributed by atoms with Gasteiger partial charge in [-0.05, 0) is 37.5 Å². The molecule has 7 nitrogen and oxygen atoms in total. The van der Waals surface area contributed by atoms with Crippen molar-refractivity contribution in [2.75, 3.05) is 17.1 Å². The summed E-state index contributed by atoms with van der Waals surface area (Å²) in [7, 11) is -3.89. The van der Waals surface area contributed by atoms with Gasteiger partial charge in [0.1, 0.15) is 12.6 Å². The number of anilines is 1. The minimum Gasteiger partial charge on any atom is -0.352 e. The Morgan fingerprint density at radius 3 is 2.21 bits per heavy atom. The number of benzene rings is 2. The molecule has 0 fully saturated rings. The molecule has 2 aromatic rings. The Kier molecular flexibility index (Phi) is 10.2. The average Bonchev–Trinajstić information content (AvgIpc) is 2.79. The third-order valence-corrected chi connectivity index (χ3v) is 7.40. The molecule has 2 amide bonds. The molecule has 0 spiro atoms. The first-order valence-electron chi connectivity index (χ1n) is 11.0. The van der Waals surface area contributed by atoms with Crippen molar-refractivity contribution in [2.45, 2.75) is 52.2 Å². The molecule has 0 saturated carbocycles. The molecular weight excluding hydrogens is 497 g/mol. The number of hydrogen-bond acceptors (Lipinski definition) is 4. The Bertz CT molecular complexity index is 1100. The maximum Gasteiger partial charge on any atom is 0.244 e. The van der Waals surface area contributed by atoms with Gasteiger partial charge in [-0.15, -0.1) is 0 Å². The number of sulfonamides is 1. The summed E-state index contributed by atoms with van der Waals surface area (Å²) in [6, 6.07) is 13.0. The molecule has 0 unspecified atom stereocenters. The molecule has 2 atom stereocenters. The van der Waals surface area contributed by atoms with Gasteiger partial charge in [0.25, 0.3) is 0 Å². The van der Waals surface area contributed by atoms with Crippen molar-refractivity contribution < 1.29 is 18.0 Å². The van der Waals surface area contributed by atoms with Crippen LogP contribution in [0.25, 0.3) is 0 Å². The summed E-state index contributed by atoms with van der Waals surface area (Å²) in [5.74, 6) is -0.815. The molecule has 0 aliphatic carbocycles. The van der Waals surface area contributed by atoms with E-state index in [4.69, 9.17) is 23.2 Å². The maximum atomic E-state index is 13.6. The van der Waals surface area contributed by atoms with Crippen LogP contribution in [0.3, 0.4) is 0 Å². The molecule has 0 aliphatic heterocycles. The van der Waals surface area contributed by atoms with Crippen LogP contribution in [0.4, 0.5) is 5.69 Å². The number of rotatable bonds is 11. The summed E-state index contributed by atoms with van der Waals surface area (Å²) in [6.07, 6.45) is 2.09. The van der Waals surface area contributed by atoms with Gasteiger partial charge in [-0.1, -0.05) is 73.4 Å². The average molecular weight is 529 g/mol. The summed E-state index contributed by atoms with van der Waals surface area (Å²) in [5.41, 5.74) is 0.916. The Morgan fingerprint density at radius 1 is 1.00 bits per heavy atom. The van der Waals surface area contributed by atoms with Gasteiger partial charge in [0.2, 0.25) is 21.8 Å². The first-order chi connectivity index (χ1) is 16.0. The lowest BCUT2D eigenvalue weighted by Crippen LogP contribution is -2.53. The third kappa shape index (κ3) is 7.35. The van der Waals surface area contributed by atoms with E-state index in [1.165, 1.54) is 17.0 Å². The van der Waals surface area contributed by atoms with Crippen molar-refractivity contribution in [3.05, 3.63) is 64.1 Å². The molecular formula is C24H31Cl2N3O4S. The summed E-state index contributed by atoms with van der Waals surface area (Å²) < 4.78 is 26.2. The van der Waals surface area contributed by atoms with Crippen LogP contribution in [-0.2, 0) is 26.2 Å². The van der Waals surface area contributed by atoms with Crippen LogP contribution >= 0.6 is 23.2 Å². The maximum absolute atomic E-state index is 13.6. The van der Waals surface area contributed by atoms with Crippen LogP contribution in [0.2, 0.25) is 10.0 Å². The van der Waals surface area contributed by atoms with E-state index in [0.717, 1.165) is 22.5 Å². The van der Waals surface area contributed by atoms with E-state index in [0.29, 0.717) is 6.42 Å². The number of hydrogen-bond donors (Lipinski definition) is 1. The third-order valence-electron chi connectivity index (χ3n) is 5.46. The molecule has 0 aliphatic rings. The first-order valence-corrected chi connectivity index (χ1v) is 13.6. The Labute approximate surface area is 212 Å². The van der Waals surface area contributed by atoms with Crippen molar-refractivity contribution in [3.8, 4) is 0 Å². The van der Waals surface area contributed by atoms with Crippen molar-refractivity contribution >= 4 is 50.7 Å². The van der Waals surface area contributed by atoms with E-state index in [2.05, 4.69) is 5.32 Å². The molecule has 2 aromatic carbocycles. The molecule has 186 valence electrons. The van der Waals surface area contributed by atoms with E-state index in [1.54, 1.807) is 6.07 Å². The lowest BCUT2D eigenvalue weighted by atomic mass is 10.1. The second-order valence-electron chi connectivity index (χ2n) is 8.09. The smallest absolute Gasteiger partial charge is 0.244 e. The molecule has 0 radical (unpaired) electrons. The quantitative estimate of drug-likeness (QED) is 0.466. The molecule has 34 heavy (non-hydrogen) atoms. The van der Waals surface area contributed by atoms with Crippen molar-refractivity contribution in [3.63, 3.8) is 0 Å². The molecule has 2 rings (SSSR count). The monoisotopic (exact) mass is 527 g/mol. The largest absolute Gasteiger partial charge is 0.352 e. The fraction of sp³-hybridized carbons (Fsp3) is 0.417. The Morgan fingerprint density at radius 2 is 1.65 bits per heavy atom. The van der Waals surface area contributed by atoms with Crippen LogP contribution in [0.5, 0.6) is 0 Å². The summed E-state index contributed by atoms with van der Waals surface area (Å²) in [5, 5.41) is 3.12. The van der Waals surface area contributed by atoms with Gasteiger partial charge in [0.05, 0.1) is 22.0 Å². The Balaban J connectivity index is 2.46. The zero-order valence-electron chi connectivity index (χ0n) is 19.8. The van der Waals surface area contributed by atoms with Crippen LogP contribution in [0.15, 0.2) is 48.5 Å². The van der Waals surface area contributed by atoms with E-state index in [9.17, 15) is 18.0 Å². The van der Waals surface area contributed by atoms with E-state index < -0.39 is 28.5 Å². The molecule has 10 heteroatoms. The fourth-order valence-corrected chi connectivity index (χ4v) is 4.72. The zero-order valence-corrected chi connectivity index (χ0v) is 22.1. The minimum absolute atomic E-state index is 0.0264. The molecule has 0 saturated heterocycles. The van der Waals surface area contributed by atoms with Gasteiger partial charge in [-0.3, -0.25) is 13.9 Å². The van der Waals surface area contributed by atoms with Crippen LogP contribution in [0, 0.1) is 0 Å². The molecule has 0 heterocycles. The highest BCUT2D eigenvalue weighted by Crippen LogP contribution is 2.33. The fourth-order valence-electron chi connectivity index (χ4n) is 3.42.